The molecule has 16 heavy (non-hydrogen) atoms. The van der Waals surface area contributed by atoms with Crippen molar-refractivity contribution in [1.29, 1.82) is 0 Å². The Kier molecular flexibility index (Phi) is 3.41. The molecule has 0 saturated carbocycles. The van der Waals surface area contributed by atoms with Gasteiger partial charge in [-0.05, 0) is 0 Å². The molecule has 8 heteroatoms. The molecule has 0 atom stereocenters. The molecule has 0 N–H and O–H groups in total. The van der Waals surface area contributed by atoms with Crippen molar-refractivity contribution in [1.82, 2.24) is 0 Å². The van der Waals surface area contributed by atoms with Gasteiger partial charge in [-0.15, -0.1) is 0 Å². The molecular weight excluding hydrogens is 237 g/mol. The molecule has 0 bridgehead atoms. The molecule has 0 unspecified atom stereocenters. The van der Waals surface area contributed by atoms with Gasteiger partial charge in [-0.1, -0.05) is 0 Å². The van der Waals surface area contributed by atoms with Crippen molar-refractivity contribution in [3.8, 4) is 0 Å². The van der Waals surface area contributed by atoms with Crippen LogP contribution >= 0.6 is 0 Å². The average Bonchev–Trinajstić information content (AvgIpc) is 2.23. The molecule has 1 rings (SSSR count). The van der Waals surface area contributed by atoms with E-state index in [1.807, 2.05) is 0 Å². The summed E-state index contributed by atoms with van der Waals surface area (Å²) in [7, 11) is 0. The van der Waals surface area contributed by atoms with Crippen molar-refractivity contribution in [2.24, 2.45) is 0 Å². The second kappa shape index (κ2) is 4.42. The largest absolute Gasteiger partial charge is 0.265 e. The van der Waals surface area contributed by atoms with Crippen molar-refractivity contribution >= 4 is 0 Å². The molecule has 1 aromatic carbocycles. The highest BCUT2D eigenvalue weighted by molar-refractivity contribution is 5.24. The van der Waals surface area contributed by atoms with Gasteiger partial charge in [0.25, 0.3) is 0 Å². The first-order chi connectivity index (χ1) is 7.36. The van der Waals surface area contributed by atoms with E-state index in [-0.39, 0.29) is 0 Å². The van der Waals surface area contributed by atoms with Gasteiger partial charge >= 0.3 is 0 Å². The van der Waals surface area contributed by atoms with E-state index in [1.54, 1.807) is 0 Å². The highest BCUT2D eigenvalue weighted by atomic mass is 19.2. The minimum absolute atomic E-state index is 0.862. The van der Waals surface area contributed by atoms with Gasteiger partial charge in [0.05, 0.1) is 0 Å². The van der Waals surface area contributed by atoms with Gasteiger partial charge in [0, 0.05) is 16.9 Å². The van der Waals surface area contributed by atoms with E-state index >= 15 is 0 Å². The normalized spacial score (nSPS) is 10.6. The smallest absolute Gasteiger partial charge is 0.208 e. The van der Waals surface area contributed by atoms with E-state index in [2.05, 4.69) is 0 Å². The minimum Gasteiger partial charge on any atom is -0.265 e. The molecule has 0 aliphatic heterocycles. The summed E-state index contributed by atoms with van der Waals surface area (Å²) in [6.45, 7) is -0.918. The summed E-state index contributed by atoms with van der Waals surface area (Å²) in [4.78, 5) is 9.01. The standard InChI is InChI=1S/C8H4F5NO2/c9-4-3(1-2-14(15)16)5(10)7(12)8(13)6(4)11/h1-2H2. The number of hydrogen-bond acceptors (Lipinski definition) is 2. The van der Waals surface area contributed by atoms with Crippen LogP contribution in [0, 0.1) is 39.2 Å². The molecule has 0 radical (unpaired) electrons. The number of benzene rings is 1. The Hall–Kier alpha value is -1.73. The van der Waals surface area contributed by atoms with Gasteiger partial charge < -0.3 is 0 Å². The molecule has 0 aliphatic rings. The molecule has 88 valence electrons. The van der Waals surface area contributed by atoms with Gasteiger partial charge in [0.2, 0.25) is 12.4 Å². The Morgan fingerprint density at radius 3 is 1.62 bits per heavy atom. The Bertz CT molecular complexity index is 420. The summed E-state index contributed by atoms with van der Waals surface area (Å²) < 4.78 is 63.5. The highest BCUT2D eigenvalue weighted by Crippen LogP contribution is 2.23. The number of hydrogen-bond donors (Lipinski definition) is 0. The van der Waals surface area contributed by atoms with E-state index in [0.717, 1.165) is 0 Å². The van der Waals surface area contributed by atoms with Gasteiger partial charge in [0.15, 0.2) is 23.3 Å². The van der Waals surface area contributed by atoms with Crippen LogP contribution < -0.4 is 0 Å². The first-order valence-corrected chi connectivity index (χ1v) is 3.98. The van der Waals surface area contributed by atoms with Gasteiger partial charge in [0.1, 0.15) is 0 Å². The van der Waals surface area contributed by atoms with Crippen molar-refractivity contribution < 1.29 is 26.9 Å². The van der Waals surface area contributed by atoms with E-state index in [9.17, 15) is 32.1 Å². The van der Waals surface area contributed by atoms with Crippen molar-refractivity contribution in [2.75, 3.05) is 6.54 Å². The molecule has 0 fully saturated rings. The maximum absolute atomic E-state index is 12.9. The number of nitrogens with zero attached hydrogens (tertiary/aromatic N) is 1. The zero-order chi connectivity index (χ0) is 12.5. The third kappa shape index (κ3) is 2.10. The lowest BCUT2D eigenvalue weighted by atomic mass is 10.1. The molecule has 0 heterocycles. The van der Waals surface area contributed by atoms with Gasteiger partial charge in [-0.3, -0.25) is 10.1 Å². The van der Waals surface area contributed by atoms with Crippen molar-refractivity contribution in [3.05, 3.63) is 44.8 Å². The number of rotatable bonds is 3. The Morgan fingerprint density at radius 1 is 0.875 bits per heavy atom. The fourth-order valence-electron chi connectivity index (χ4n) is 1.07. The third-order valence-corrected chi connectivity index (χ3v) is 1.85. The first kappa shape index (κ1) is 12.3. The quantitative estimate of drug-likeness (QED) is 0.267. The Balaban J connectivity index is 3.23. The minimum atomic E-state index is -2.28. The zero-order valence-electron chi connectivity index (χ0n) is 7.57. The van der Waals surface area contributed by atoms with Crippen LogP contribution in [0.2, 0.25) is 0 Å². The Morgan fingerprint density at radius 2 is 1.25 bits per heavy atom. The molecule has 0 aromatic heterocycles. The van der Waals surface area contributed by atoms with Crippen LogP contribution in [0.25, 0.3) is 0 Å². The summed E-state index contributed by atoms with van der Waals surface area (Å²) in [5.74, 6) is -10.5. The van der Waals surface area contributed by atoms with Gasteiger partial charge in [-0.2, -0.15) is 0 Å². The summed E-state index contributed by atoms with van der Waals surface area (Å²) in [6, 6.07) is 0. The maximum atomic E-state index is 12.9. The molecule has 0 spiro atoms. The van der Waals surface area contributed by atoms with Crippen LogP contribution in [0.15, 0.2) is 0 Å². The van der Waals surface area contributed by atoms with Gasteiger partial charge in [-0.25, -0.2) is 22.0 Å². The first-order valence-electron chi connectivity index (χ1n) is 3.98. The predicted molar refractivity (Wildman–Crippen MR) is 41.8 cm³/mol. The fraction of sp³-hybridized carbons (Fsp3) is 0.250. The third-order valence-electron chi connectivity index (χ3n) is 1.85. The monoisotopic (exact) mass is 241 g/mol. The van der Waals surface area contributed by atoms with Crippen LogP contribution in [-0.2, 0) is 6.42 Å². The number of nitro groups is 1. The lowest BCUT2D eigenvalue weighted by molar-refractivity contribution is -0.479. The maximum Gasteiger partial charge on any atom is 0.208 e. The fourth-order valence-corrected chi connectivity index (χ4v) is 1.07. The summed E-state index contributed by atoms with van der Waals surface area (Å²) in [5, 5.41) is 9.93. The molecule has 0 saturated heterocycles. The van der Waals surface area contributed by atoms with E-state index < -0.39 is 52.5 Å². The zero-order valence-corrected chi connectivity index (χ0v) is 7.57. The summed E-state index contributed by atoms with van der Waals surface area (Å²) >= 11 is 0. The molecular formula is C8H4F5NO2. The lowest BCUT2D eigenvalue weighted by Crippen LogP contribution is -2.12. The van der Waals surface area contributed by atoms with Crippen LogP contribution in [0.1, 0.15) is 5.56 Å². The second-order valence-electron chi connectivity index (χ2n) is 2.85. The SMILES string of the molecule is O=[N+]([O-])CCc1c(F)c(F)c(F)c(F)c1F. The summed E-state index contributed by atoms with van der Waals surface area (Å²) in [6.07, 6.45) is -0.862. The Labute approximate surface area is 85.6 Å². The second-order valence-corrected chi connectivity index (χ2v) is 2.85. The summed E-state index contributed by atoms with van der Waals surface area (Å²) in [5.41, 5.74) is -1.17. The topological polar surface area (TPSA) is 43.1 Å². The molecule has 0 aliphatic carbocycles. The van der Waals surface area contributed by atoms with Crippen LogP contribution in [-0.4, -0.2) is 11.5 Å². The average molecular weight is 241 g/mol. The van der Waals surface area contributed by atoms with E-state index in [1.165, 1.54) is 0 Å². The van der Waals surface area contributed by atoms with Crippen LogP contribution in [0.4, 0.5) is 22.0 Å². The molecule has 1 aromatic rings. The van der Waals surface area contributed by atoms with Crippen LogP contribution in [0.5, 0.6) is 0 Å². The molecule has 3 nitrogen and oxygen atoms in total. The van der Waals surface area contributed by atoms with E-state index in [4.69, 9.17) is 0 Å². The van der Waals surface area contributed by atoms with Crippen molar-refractivity contribution in [3.63, 3.8) is 0 Å². The van der Waals surface area contributed by atoms with E-state index in [0.29, 0.717) is 0 Å². The lowest BCUT2D eigenvalue weighted by Gasteiger charge is -2.05. The molecule has 0 amide bonds. The van der Waals surface area contributed by atoms with Crippen LogP contribution in [0.3, 0.4) is 0 Å². The number of halogens is 5. The highest BCUT2D eigenvalue weighted by Gasteiger charge is 2.26. The predicted octanol–water partition coefficient (Wildman–Crippen LogP) is 2.20. The van der Waals surface area contributed by atoms with Crippen molar-refractivity contribution in [2.45, 2.75) is 6.42 Å².